The van der Waals surface area contributed by atoms with Gasteiger partial charge in [-0.15, -0.1) is 0 Å². The summed E-state index contributed by atoms with van der Waals surface area (Å²) >= 11 is 0. The van der Waals surface area contributed by atoms with E-state index in [2.05, 4.69) is 30.4 Å². The number of nitrogens with zero attached hydrogens (tertiary/aromatic N) is 4. The van der Waals surface area contributed by atoms with E-state index in [9.17, 15) is 4.79 Å². The van der Waals surface area contributed by atoms with Gasteiger partial charge in [0.1, 0.15) is 6.04 Å². The van der Waals surface area contributed by atoms with E-state index in [1.165, 1.54) is 0 Å². The second-order valence-electron chi connectivity index (χ2n) is 5.75. The Kier molecular flexibility index (Phi) is 5.73. The summed E-state index contributed by atoms with van der Waals surface area (Å²) < 4.78 is 5.30. The highest BCUT2D eigenvalue weighted by Crippen LogP contribution is 2.09. The van der Waals surface area contributed by atoms with Crippen molar-refractivity contribution in [2.24, 2.45) is 0 Å². The zero-order valence-electron chi connectivity index (χ0n) is 13.3. The highest BCUT2D eigenvalue weighted by Gasteiger charge is 2.22. The molecule has 2 aliphatic heterocycles. The molecule has 2 fully saturated rings. The maximum Gasteiger partial charge on any atom is 0.239 e. The number of morpholine rings is 1. The van der Waals surface area contributed by atoms with Crippen molar-refractivity contribution in [2.75, 3.05) is 63.9 Å². The van der Waals surface area contributed by atoms with E-state index in [1.54, 1.807) is 12.4 Å². The zero-order valence-corrected chi connectivity index (χ0v) is 13.3. The van der Waals surface area contributed by atoms with Crippen molar-refractivity contribution in [3.8, 4) is 0 Å². The quantitative estimate of drug-likeness (QED) is 0.698. The topological polar surface area (TPSA) is 82.6 Å². The van der Waals surface area contributed by atoms with E-state index in [0.29, 0.717) is 19.8 Å². The largest absolute Gasteiger partial charge is 0.378 e. The highest BCUT2D eigenvalue weighted by atomic mass is 16.5. The molecular formula is C15H24N6O2. The Labute approximate surface area is 136 Å². The molecule has 0 spiro atoms. The minimum absolute atomic E-state index is 0.0287. The van der Waals surface area contributed by atoms with Crippen LogP contribution in [-0.4, -0.2) is 85.8 Å². The number of piperazine rings is 1. The molecule has 1 amide bonds. The number of amides is 1. The monoisotopic (exact) mass is 320 g/mol. The van der Waals surface area contributed by atoms with Crippen molar-refractivity contribution in [3.05, 3.63) is 18.5 Å². The lowest BCUT2D eigenvalue weighted by molar-refractivity contribution is -0.125. The molecule has 1 aromatic rings. The maximum absolute atomic E-state index is 12.0. The van der Waals surface area contributed by atoms with Crippen LogP contribution in [0.3, 0.4) is 0 Å². The minimum Gasteiger partial charge on any atom is -0.378 e. The molecule has 23 heavy (non-hydrogen) atoms. The summed E-state index contributed by atoms with van der Waals surface area (Å²) in [5.41, 5.74) is 0. The van der Waals surface area contributed by atoms with Crippen molar-refractivity contribution >= 4 is 11.9 Å². The van der Waals surface area contributed by atoms with E-state index in [0.717, 1.165) is 45.2 Å². The molecule has 2 saturated heterocycles. The number of anilines is 1. The van der Waals surface area contributed by atoms with E-state index in [-0.39, 0.29) is 11.9 Å². The van der Waals surface area contributed by atoms with Crippen LogP contribution in [0.15, 0.2) is 18.5 Å². The van der Waals surface area contributed by atoms with Gasteiger partial charge in [0, 0.05) is 58.2 Å². The SMILES string of the molecule is O=C(NCCN1CCN(c2ncccn2)CC1)C1COCCN1. The lowest BCUT2D eigenvalue weighted by atomic mass is 10.2. The number of ether oxygens (including phenoxy) is 1. The van der Waals surface area contributed by atoms with Crippen molar-refractivity contribution in [3.63, 3.8) is 0 Å². The Balaban J connectivity index is 1.34. The third-order valence-electron chi connectivity index (χ3n) is 4.17. The first kappa shape index (κ1) is 16.1. The van der Waals surface area contributed by atoms with E-state index >= 15 is 0 Å². The smallest absolute Gasteiger partial charge is 0.239 e. The molecule has 126 valence electrons. The van der Waals surface area contributed by atoms with Gasteiger partial charge in [-0.2, -0.15) is 0 Å². The highest BCUT2D eigenvalue weighted by molar-refractivity contribution is 5.81. The summed E-state index contributed by atoms with van der Waals surface area (Å²) in [4.78, 5) is 25.1. The van der Waals surface area contributed by atoms with Gasteiger partial charge in [-0.25, -0.2) is 9.97 Å². The third-order valence-corrected chi connectivity index (χ3v) is 4.17. The lowest BCUT2D eigenvalue weighted by Gasteiger charge is -2.34. The molecular weight excluding hydrogens is 296 g/mol. The Morgan fingerprint density at radius 3 is 2.78 bits per heavy atom. The first-order valence-corrected chi connectivity index (χ1v) is 8.16. The van der Waals surface area contributed by atoms with E-state index in [4.69, 9.17) is 4.74 Å². The molecule has 3 rings (SSSR count). The number of rotatable bonds is 5. The fraction of sp³-hybridized carbons (Fsp3) is 0.667. The Bertz CT molecular complexity index is 486. The van der Waals surface area contributed by atoms with Crippen LogP contribution >= 0.6 is 0 Å². The van der Waals surface area contributed by atoms with Gasteiger partial charge < -0.3 is 20.3 Å². The summed E-state index contributed by atoms with van der Waals surface area (Å²) in [7, 11) is 0. The molecule has 8 nitrogen and oxygen atoms in total. The van der Waals surface area contributed by atoms with E-state index < -0.39 is 0 Å². The van der Waals surface area contributed by atoms with Gasteiger partial charge in [-0.3, -0.25) is 9.69 Å². The van der Waals surface area contributed by atoms with E-state index in [1.807, 2.05) is 6.07 Å². The predicted octanol–water partition coefficient (Wildman–Crippen LogP) is -1.30. The van der Waals surface area contributed by atoms with Gasteiger partial charge in [-0.05, 0) is 6.07 Å². The van der Waals surface area contributed by atoms with Crippen LogP contribution in [-0.2, 0) is 9.53 Å². The molecule has 1 atom stereocenters. The zero-order chi connectivity index (χ0) is 15.9. The Hall–Kier alpha value is -1.77. The molecule has 1 aromatic heterocycles. The molecule has 0 aliphatic carbocycles. The fourth-order valence-electron chi connectivity index (χ4n) is 2.82. The summed E-state index contributed by atoms with van der Waals surface area (Å²) in [6, 6.07) is 1.62. The predicted molar refractivity (Wildman–Crippen MR) is 86.3 cm³/mol. The number of aromatic nitrogens is 2. The first-order chi connectivity index (χ1) is 11.3. The van der Waals surface area contributed by atoms with Crippen LogP contribution in [0.5, 0.6) is 0 Å². The fourth-order valence-corrected chi connectivity index (χ4v) is 2.82. The number of hydrogen-bond acceptors (Lipinski definition) is 7. The Morgan fingerprint density at radius 1 is 1.30 bits per heavy atom. The second kappa shape index (κ2) is 8.19. The maximum atomic E-state index is 12.0. The van der Waals surface area contributed by atoms with Gasteiger partial charge in [0.2, 0.25) is 11.9 Å². The van der Waals surface area contributed by atoms with Crippen molar-refractivity contribution in [2.45, 2.75) is 6.04 Å². The van der Waals surface area contributed by atoms with Crippen LogP contribution < -0.4 is 15.5 Å². The average molecular weight is 320 g/mol. The molecule has 2 N–H and O–H groups in total. The van der Waals surface area contributed by atoms with Crippen molar-refractivity contribution in [1.29, 1.82) is 0 Å². The molecule has 1 unspecified atom stereocenters. The third kappa shape index (κ3) is 4.60. The number of nitrogens with one attached hydrogen (secondary N) is 2. The molecule has 2 aliphatic rings. The van der Waals surface area contributed by atoms with Gasteiger partial charge >= 0.3 is 0 Å². The minimum atomic E-state index is -0.212. The average Bonchev–Trinajstić information content (AvgIpc) is 2.64. The molecule has 0 aromatic carbocycles. The number of carbonyl (C=O) groups is 1. The molecule has 0 saturated carbocycles. The van der Waals surface area contributed by atoms with Gasteiger partial charge in [0.25, 0.3) is 0 Å². The molecule has 3 heterocycles. The number of carbonyl (C=O) groups excluding carboxylic acids is 1. The Morgan fingerprint density at radius 2 is 2.09 bits per heavy atom. The number of hydrogen-bond donors (Lipinski definition) is 2. The summed E-state index contributed by atoms with van der Waals surface area (Å²) in [6.45, 7) is 7.15. The standard InChI is InChI=1S/C15H24N6O2/c22-14(13-12-23-11-5-16-13)17-4-6-20-7-9-21(10-8-20)15-18-2-1-3-19-15/h1-3,13,16H,4-12H2,(H,17,22). The molecule has 0 radical (unpaired) electrons. The summed E-state index contributed by atoms with van der Waals surface area (Å²) in [5, 5.41) is 6.14. The second-order valence-corrected chi connectivity index (χ2v) is 5.75. The van der Waals surface area contributed by atoms with Crippen LogP contribution in [0.1, 0.15) is 0 Å². The van der Waals surface area contributed by atoms with Gasteiger partial charge in [0.15, 0.2) is 0 Å². The van der Waals surface area contributed by atoms with Crippen LogP contribution in [0, 0.1) is 0 Å². The van der Waals surface area contributed by atoms with Crippen molar-refractivity contribution in [1.82, 2.24) is 25.5 Å². The van der Waals surface area contributed by atoms with Gasteiger partial charge in [0.05, 0.1) is 13.2 Å². The van der Waals surface area contributed by atoms with Gasteiger partial charge in [-0.1, -0.05) is 0 Å². The molecule has 8 heteroatoms. The lowest BCUT2D eigenvalue weighted by Crippen LogP contribution is -2.53. The van der Waals surface area contributed by atoms with Crippen molar-refractivity contribution < 1.29 is 9.53 Å². The van der Waals surface area contributed by atoms with Crippen LogP contribution in [0.4, 0.5) is 5.95 Å². The normalized spacial score (nSPS) is 22.8. The van der Waals surface area contributed by atoms with Crippen LogP contribution in [0.25, 0.3) is 0 Å². The first-order valence-electron chi connectivity index (χ1n) is 8.16. The molecule has 0 bridgehead atoms. The summed E-state index contributed by atoms with van der Waals surface area (Å²) in [5.74, 6) is 0.824. The van der Waals surface area contributed by atoms with Crippen LogP contribution in [0.2, 0.25) is 0 Å². The summed E-state index contributed by atoms with van der Waals surface area (Å²) in [6.07, 6.45) is 3.54.